The first-order valence-corrected chi connectivity index (χ1v) is 11.3. The molecule has 0 atom stereocenters. The molecule has 0 unspecified atom stereocenters. The number of piperazine rings is 1. The van der Waals surface area contributed by atoms with E-state index in [1.807, 2.05) is 24.3 Å². The SMILES string of the molecule is COc1ccc(N2CCN(C(=O)c3cc(N(C)S(C)(=O)=O)ccc3Cl)CC2)cc1. The van der Waals surface area contributed by atoms with E-state index >= 15 is 0 Å². The first kappa shape index (κ1) is 21.3. The third kappa shape index (κ3) is 4.76. The Balaban J connectivity index is 1.72. The lowest BCUT2D eigenvalue weighted by Crippen LogP contribution is -2.48. The third-order valence-corrected chi connectivity index (χ3v) is 6.58. The molecule has 3 rings (SSSR count). The fraction of sp³-hybridized carbons (Fsp3) is 0.350. The number of carbonyl (C=O) groups excluding carboxylic acids is 1. The van der Waals surface area contributed by atoms with Crippen molar-refractivity contribution in [3.05, 3.63) is 53.1 Å². The molecule has 0 N–H and O–H groups in total. The number of rotatable bonds is 5. The number of sulfonamides is 1. The quantitative estimate of drug-likeness (QED) is 0.719. The second-order valence-corrected chi connectivity index (χ2v) is 9.29. The van der Waals surface area contributed by atoms with Crippen LogP contribution in [0.2, 0.25) is 5.02 Å². The summed E-state index contributed by atoms with van der Waals surface area (Å²) in [6.07, 6.45) is 1.11. The van der Waals surface area contributed by atoms with Crippen LogP contribution in [0.4, 0.5) is 11.4 Å². The highest BCUT2D eigenvalue weighted by molar-refractivity contribution is 7.92. The molecule has 1 saturated heterocycles. The molecule has 9 heteroatoms. The number of hydrogen-bond donors (Lipinski definition) is 0. The van der Waals surface area contributed by atoms with Gasteiger partial charge in [-0.25, -0.2) is 8.42 Å². The molecule has 29 heavy (non-hydrogen) atoms. The van der Waals surface area contributed by atoms with E-state index in [0.717, 1.165) is 22.0 Å². The van der Waals surface area contributed by atoms with Crippen molar-refractivity contribution < 1.29 is 17.9 Å². The van der Waals surface area contributed by atoms with E-state index in [1.54, 1.807) is 24.1 Å². The Labute approximate surface area is 176 Å². The summed E-state index contributed by atoms with van der Waals surface area (Å²) in [5.74, 6) is 0.601. The number of hydrogen-bond acceptors (Lipinski definition) is 5. The Morgan fingerprint density at radius 2 is 1.69 bits per heavy atom. The number of ether oxygens (including phenoxy) is 1. The zero-order valence-corrected chi connectivity index (χ0v) is 18.2. The Kier molecular flexibility index (Phi) is 6.24. The van der Waals surface area contributed by atoms with Crippen molar-refractivity contribution in [2.75, 3.05) is 55.8 Å². The van der Waals surface area contributed by atoms with Gasteiger partial charge >= 0.3 is 0 Å². The van der Waals surface area contributed by atoms with Crippen LogP contribution in [0.3, 0.4) is 0 Å². The predicted molar refractivity (Wildman–Crippen MR) is 116 cm³/mol. The lowest BCUT2D eigenvalue weighted by Gasteiger charge is -2.36. The van der Waals surface area contributed by atoms with Crippen molar-refractivity contribution in [2.45, 2.75) is 0 Å². The lowest BCUT2D eigenvalue weighted by molar-refractivity contribution is 0.0747. The number of anilines is 2. The summed E-state index contributed by atoms with van der Waals surface area (Å²) < 4.78 is 29.9. The molecule has 0 spiro atoms. The van der Waals surface area contributed by atoms with Gasteiger partial charge in [0.25, 0.3) is 5.91 Å². The van der Waals surface area contributed by atoms with E-state index in [9.17, 15) is 13.2 Å². The topological polar surface area (TPSA) is 70.2 Å². The van der Waals surface area contributed by atoms with Gasteiger partial charge in [-0.05, 0) is 42.5 Å². The van der Waals surface area contributed by atoms with Crippen LogP contribution in [0.25, 0.3) is 0 Å². The first-order chi connectivity index (χ1) is 13.7. The molecule has 0 saturated carbocycles. The normalized spacial score (nSPS) is 14.6. The van der Waals surface area contributed by atoms with Gasteiger partial charge in [0, 0.05) is 38.9 Å². The highest BCUT2D eigenvalue weighted by Crippen LogP contribution is 2.26. The monoisotopic (exact) mass is 437 g/mol. The summed E-state index contributed by atoms with van der Waals surface area (Å²) in [6, 6.07) is 12.5. The zero-order chi connectivity index (χ0) is 21.2. The molecule has 1 amide bonds. The number of halogens is 1. The largest absolute Gasteiger partial charge is 0.497 e. The van der Waals surface area contributed by atoms with Crippen LogP contribution in [0.1, 0.15) is 10.4 Å². The highest BCUT2D eigenvalue weighted by atomic mass is 35.5. The third-order valence-electron chi connectivity index (χ3n) is 5.05. The summed E-state index contributed by atoms with van der Waals surface area (Å²) in [5, 5.41) is 0.304. The van der Waals surface area contributed by atoms with Crippen LogP contribution in [-0.4, -0.2) is 65.8 Å². The second-order valence-electron chi connectivity index (χ2n) is 6.87. The molecular weight excluding hydrogens is 414 g/mol. The molecule has 1 aliphatic heterocycles. The van der Waals surface area contributed by atoms with Crippen LogP contribution in [-0.2, 0) is 10.0 Å². The average molecular weight is 438 g/mol. The molecule has 2 aromatic rings. The molecule has 1 fully saturated rings. The van der Waals surface area contributed by atoms with E-state index in [2.05, 4.69) is 4.90 Å². The van der Waals surface area contributed by atoms with Gasteiger partial charge in [-0.3, -0.25) is 9.10 Å². The molecule has 0 bridgehead atoms. The van der Waals surface area contributed by atoms with Crippen LogP contribution in [0, 0.1) is 0 Å². The number of methoxy groups -OCH3 is 1. The molecule has 7 nitrogen and oxygen atoms in total. The van der Waals surface area contributed by atoms with Gasteiger partial charge in [0.15, 0.2) is 0 Å². The second kappa shape index (κ2) is 8.51. The molecule has 0 aromatic heterocycles. The van der Waals surface area contributed by atoms with Gasteiger partial charge in [-0.1, -0.05) is 11.6 Å². The van der Waals surface area contributed by atoms with Crippen molar-refractivity contribution in [3.8, 4) is 5.75 Å². The fourth-order valence-electron chi connectivity index (χ4n) is 3.20. The lowest BCUT2D eigenvalue weighted by atomic mass is 10.1. The Morgan fingerprint density at radius 3 is 2.24 bits per heavy atom. The average Bonchev–Trinajstić information content (AvgIpc) is 2.72. The minimum Gasteiger partial charge on any atom is -0.497 e. The zero-order valence-electron chi connectivity index (χ0n) is 16.6. The smallest absolute Gasteiger partial charge is 0.255 e. The fourth-order valence-corrected chi connectivity index (χ4v) is 3.89. The van der Waals surface area contributed by atoms with Crippen molar-refractivity contribution in [1.82, 2.24) is 4.90 Å². The van der Waals surface area contributed by atoms with E-state index in [0.29, 0.717) is 42.5 Å². The minimum atomic E-state index is -3.43. The van der Waals surface area contributed by atoms with Crippen LogP contribution in [0.5, 0.6) is 5.75 Å². The van der Waals surface area contributed by atoms with Crippen molar-refractivity contribution in [1.29, 1.82) is 0 Å². The van der Waals surface area contributed by atoms with Crippen LogP contribution >= 0.6 is 11.6 Å². The molecule has 156 valence electrons. The minimum absolute atomic E-state index is 0.201. The van der Waals surface area contributed by atoms with Crippen molar-refractivity contribution in [3.63, 3.8) is 0 Å². The highest BCUT2D eigenvalue weighted by Gasteiger charge is 2.25. The summed E-state index contributed by atoms with van der Waals surface area (Å²) in [6.45, 7) is 2.48. The van der Waals surface area contributed by atoms with Crippen molar-refractivity contribution in [2.24, 2.45) is 0 Å². The van der Waals surface area contributed by atoms with Crippen LogP contribution in [0.15, 0.2) is 42.5 Å². The summed E-state index contributed by atoms with van der Waals surface area (Å²) in [7, 11) is -0.352. The maximum Gasteiger partial charge on any atom is 0.255 e. The Morgan fingerprint density at radius 1 is 1.07 bits per heavy atom. The van der Waals surface area contributed by atoms with Gasteiger partial charge in [-0.15, -0.1) is 0 Å². The molecule has 1 heterocycles. The van der Waals surface area contributed by atoms with Gasteiger partial charge in [0.05, 0.1) is 29.6 Å². The van der Waals surface area contributed by atoms with Crippen LogP contribution < -0.4 is 13.9 Å². The molecule has 2 aromatic carbocycles. The number of carbonyl (C=O) groups is 1. The van der Waals surface area contributed by atoms with Gasteiger partial charge in [0.1, 0.15) is 5.75 Å². The maximum atomic E-state index is 13.0. The summed E-state index contributed by atoms with van der Waals surface area (Å²) in [4.78, 5) is 17.0. The molecular formula is C20H24ClN3O4S. The number of benzene rings is 2. The summed E-state index contributed by atoms with van der Waals surface area (Å²) >= 11 is 6.24. The molecule has 0 aliphatic carbocycles. The van der Waals surface area contributed by atoms with E-state index in [4.69, 9.17) is 16.3 Å². The Bertz CT molecular complexity index is 987. The van der Waals surface area contributed by atoms with Gasteiger partial charge in [0.2, 0.25) is 10.0 Å². The standard InChI is InChI=1S/C20H24ClN3O4S/c1-22(29(3,26)27)16-6-9-19(21)18(14-16)20(25)24-12-10-23(11-13-24)15-4-7-17(28-2)8-5-15/h4-9,14H,10-13H2,1-3H3. The van der Waals surface area contributed by atoms with Gasteiger partial charge < -0.3 is 14.5 Å². The predicted octanol–water partition coefficient (Wildman–Crippen LogP) is 2.71. The molecule has 0 radical (unpaired) electrons. The first-order valence-electron chi connectivity index (χ1n) is 9.12. The number of nitrogens with zero attached hydrogens (tertiary/aromatic N) is 3. The van der Waals surface area contributed by atoms with Crippen molar-refractivity contribution >= 4 is 38.9 Å². The van der Waals surface area contributed by atoms with E-state index in [1.165, 1.54) is 13.1 Å². The van der Waals surface area contributed by atoms with E-state index in [-0.39, 0.29) is 5.91 Å². The Hall–Kier alpha value is -2.45. The number of amides is 1. The van der Waals surface area contributed by atoms with E-state index < -0.39 is 10.0 Å². The molecule has 1 aliphatic rings. The maximum absolute atomic E-state index is 13.0. The van der Waals surface area contributed by atoms with Gasteiger partial charge in [-0.2, -0.15) is 0 Å². The summed E-state index contributed by atoms with van der Waals surface area (Å²) in [5.41, 5.74) is 1.78.